The number of aryl methyl sites for hydroxylation is 1. The highest BCUT2D eigenvalue weighted by Gasteiger charge is 2.13. The molecule has 0 fully saturated rings. The predicted octanol–water partition coefficient (Wildman–Crippen LogP) is 3.30. The van der Waals surface area contributed by atoms with Crippen molar-refractivity contribution in [3.63, 3.8) is 0 Å². The molecule has 0 heterocycles. The minimum absolute atomic E-state index is 0.130. The Morgan fingerprint density at radius 3 is 2.50 bits per heavy atom. The van der Waals surface area contributed by atoms with Crippen LogP contribution in [0, 0.1) is 6.92 Å². The number of nitrogens with one attached hydrogen (secondary N) is 1. The number of hydrogen-bond acceptors (Lipinski definition) is 2. The molecule has 3 nitrogen and oxygen atoms in total. The Balaban J connectivity index is 2.89. The van der Waals surface area contributed by atoms with Gasteiger partial charge in [0.15, 0.2) is 0 Å². The predicted molar refractivity (Wildman–Crippen MR) is 77.2 cm³/mol. The molecule has 1 rings (SSSR count). The summed E-state index contributed by atoms with van der Waals surface area (Å²) in [5.41, 5.74) is 3.01. The van der Waals surface area contributed by atoms with Crippen LogP contribution >= 0.6 is 0 Å². The summed E-state index contributed by atoms with van der Waals surface area (Å²) in [5.74, 6) is 0.130. The summed E-state index contributed by atoms with van der Waals surface area (Å²) < 4.78 is 0. The second kappa shape index (κ2) is 7.04. The molecule has 1 amide bonds. The van der Waals surface area contributed by atoms with Crippen LogP contribution in [0.1, 0.15) is 43.1 Å². The van der Waals surface area contributed by atoms with E-state index < -0.39 is 0 Å². The van der Waals surface area contributed by atoms with E-state index in [4.69, 9.17) is 0 Å². The molecule has 1 N–H and O–H groups in total. The molecule has 0 aliphatic heterocycles. The van der Waals surface area contributed by atoms with Gasteiger partial charge in [0.1, 0.15) is 0 Å². The molecule has 0 aliphatic carbocycles. The van der Waals surface area contributed by atoms with Gasteiger partial charge in [-0.05, 0) is 51.0 Å². The van der Waals surface area contributed by atoms with Crippen LogP contribution in [0.15, 0.2) is 18.2 Å². The molecule has 0 aliphatic rings. The van der Waals surface area contributed by atoms with Gasteiger partial charge < -0.3 is 10.2 Å². The molecule has 0 saturated carbocycles. The lowest BCUT2D eigenvalue weighted by Gasteiger charge is -2.20. The Labute approximate surface area is 110 Å². The van der Waals surface area contributed by atoms with Gasteiger partial charge in [-0.3, -0.25) is 4.79 Å². The quantitative estimate of drug-likeness (QED) is 0.837. The molecule has 0 saturated heterocycles. The number of carbonyl (C=O) groups is 1. The van der Waals surface area contributed by atoms with Crippen molar-refractivity contribution in [3.8, 4) is 0 Å². The summed E-state index contributed by atoms with van der Waals surface area (Å²) in [4.78, 5) is 14.2. The normalized spacial score (nSPS) is 10.2. The highest BCUT2D eigenvalue weighted by Crippen LogP contribution is 2.17. The van der Waals surface area contributed by atoms with E-state index in [2.05, 4.69) is 19.2 Å². The molecule has 0 aromatic heterocycles. The first-order chi connectivity index (χ1) is 8.63. The van der Waals surface area contributed by atoms with Gasteiger partial charge in [-0.2, -0.15) is 0 Å². The monoisotopic (exact) mass is 248 g/mol. The van der Waals surface area contributed by atoms with Crippen molar-refractivity contribution in [2.45, 2.75) is 34.1 Å². The number of carbonyl (C=O) groups excluding carboxylic acids is 1. The van der Waals surface area contributed by atoms with Gasteiger partial charge in [-0.15, -0.1) is 0 Å². The summed E-state index contributed by atoms with van der Waals surface area (Å²) in [6.45, 7) is 10.7. The molecule has 0 radical (unpaired) electrons. The first kappa shape index (κ1) is 14.6. The van der Waals surface area contributed by atoms with Crippen molar-refractivity contribution in [2.24, 2.45) is 0 Å². The Hall–Kier alpha value is -1.51. The fourth-order valence-electron chi connectivity index (χ4n) is 2.04. The zero-order valence-corrected chi connectivity index (χ0v) is 11.9. The Bertz CT molecular complexity index is 401. The van der Waals surface area contributed by atoms with E-state index in [0.29, 0.717) is 0 Å². The maximum atomic E-state index is 12.3. The Kier molecular flexibility index (Phi) is 5.69. The number of anilines is 1. The topological polar surface area (TPSA) is 32.3 Å². The van der Waals surface area contributed by atoms with Crippen LogP contribution in [0.4, 0.5) is 5.69 Å². The summed E-state index contributed by atoms with van der Waals surface area (Å²) in [6.07, 6.45) is 0.994. The third kappa shape index (κ3) is 3.49. The van der Waals surface area contributed by atoms with E-state index in [0.717, 1.165) is 42.9 Å². The van der Waals surface area contributed by atoms with E-state index in [1.807, 2.05) is 36.9 Å². The van der Waals surface area contributed by atoms with Gasteiger partial charge in [0.2, 0.25) is 0 Å². The first-order valence-corrected chi connectivity index (χ1v) is 6.77. The van der Waals surface area contributed by atoms with Crippen LogP contribution in [0.3, 0.4) is 0 Å². The number of nitrogens with zero attached hydrogens (tertiary/aromatic N) is 1. The molecule has 0 unspecified atom stereocenters. The lowest BCUT2D eigenvalue weighted by atomic mass is 10.1. The number of rotatable bonds is 6. The fourth-order valence-corrected chi connectivity index (χ4v) is 2.04. The standard InChI is InChI=1S/C15H24N2O/c1-5-10-17(7-3)15(18)13-8-9-14(16-6-2)12(4)11-13/h8-9,11,16H,5-7,10H2,1-4H3. The van der Waals surface area contributed by atoms with Gasteiger partial charge in [0.05, 0.1) is 0 Å². The van der Waals surface area contributed by atoms with Crippen molar-refractivity contribution in [3.05, 3.63) is 29.3 Å². The van der Waals surface area contributed by atoms with Gasteiger partial charge in [-0.25, -0.2) is 0 Å². The van der Waals surface area contributed by atoms with Crippen LogP contribution in [-0.2, 0) is 0 Å². The highest BCUT2D eigenvalue weighted by molar-refractivity contribution is 5.94. The van der Waals surface area contributed by atoms with E-state index in [1.165, 1.54) is 0 Å². The molecule has 0 bridgehead atoms. The number of hydrogen-bond donors (Lipinski definition) is 1. The third-order valence-corrected chi connectivity index (χ3v) is 3.00. The van der Waals surface area contributed by atoms with Crippen LogP contribution < -0.4 is 5.32 Å². The molecular formula is C15H24N2O. The van der Waals surface area contributed by atoms with E-state index >= 15 is 0 Å². The smallest absolute Gasteiger partial charge is 0.253 e. The van der Waals surface area contributed by atoms with Crippen molar-refractivity contribution in [2.75, 3.05) is 25.0 Å². The minimum Gasteiger partial charge on any atom is -0.385 e. The van der Waals surface area contributed by atoms with Gasteiger partial charge in [-0.1, -0.05) is 6.92 Å². The maximum Gasteiger partial charge on any atom is 0.253 e. The van der Waals surface area contributed by atoms with Crippen molar-refractivity contribution < 1.29 is 4.79 Å². The lowest BCUT2D eigenvalue weighted by Crippen LogP contribution is -2.31. The summed E-state index contributed by atoms with van der Waals surface area (Å²) in [6, 6.07) is 5.87. The zero-order valence-electron chi connectivity index (χ0n) is 11.9. The SMILES string of the molecule is CCCN(CC)C(=O)c1ccc(NCC)c(C)c1. The van der Waals surface area contributed by atoms with E-state index in [-0.39, 0.29) is 5.91 Å². The molecule has 100 valence electrons. The van der Waals surface area contributed by atoms with Crippen molar-refractivity contribution >= 4 is 11.6 Å². The Morgan fingerprint density at radius 2 is 2.00 bits per heavy atom. The van der Waals surface area contributed by atoms with Crippen molar-refractivity contribution in [1.29, 1.82) is 0 Å². The van der Waals surface area contributed by atoms with Crippen molar-refractivity contribution in [1.82, 2.24) is 4.90 Å². The number of benzene rings is 1. The zero-order chi connectivity index (χ0) is 13.5. The largest absolute Gasteiger partial charge is 0.385 e. The minimum atomic E-state index is 0.130. The van der Waals surface area contributed by atoms with Crippen LogP contribution in [-0.4, -0.2) is 30.4 Å². The van der Waals surface area contributed by atoms with E-state index in [1.54, 1.807) is 0 Å². The maximum absolute atomic E-state index is 12.3. The van der Waals surface area contributed by atoms with Gasteiger partial charge in [0.25, 0.3) is 5.91 Å². The average Bonchev–Trinajstić information content (AvgIpc) is 2.37. The summed E-state index contributed by atoms with van der Waals surface area (Å²) >= 11 is 0. The second-order valence-electron chi connectivity index (χ2n) is 4.44. The molecule has 0 atom stereocenters. The molecule has 3 heteroatoms. The fraction of sp³-hybridized carbons (Fsp3) is 0.533. The highest BCUT2D eigenvalue weighted by atomic mass is 16.2. The summed E-state index contributed by atoms with van der Waals surface area (Å²) in [7, 11) is 0. The summed E-state index contributed by atoms with van der Waals surface area (Å²) in [5, 5.41) is 3.29. The Morgan fingerprint density at radius 1 is 1.28 bits per heavy atom. The number of amides is 1. The van der Waals surface area contributed by atoms with Crippen LogP contribution in [0.2, 0.25) is 0 Å². The van der Waals surface area contributed by atoms with Gasteiger partial charge >= 0.3 is 0 Å². The first-order valence-electron chi connectivity index (χ1n) is 6.77. The average molecular weight is 248 g/mol. The third-order valence-electron chi connectivity index (χ3n) is 3.00. The van der Waals surface area contributed by atoms with Crippen LogP contribution in [0.5, 0.6) is 0 Å². The van der Waals surface area contributed by atoms with E-state index in [9.17, 15) is 4.79 Å². The van der Waals surface area contributed by atoms with Gasteiger partial charge in [0, 0.05) is 30.9 Å². The molecule has 0 spiro atoms. The molecule has 18 heavy (non-hydrogen) atoms. The second-order valence-corrected chi connectivity index (χ2v) is 4.44. The molecule has 1 aromatic carbocycles. The molecule has 1 aromatic rings. The van der Waals surface area contributed by atoms with Crippen LogP contribution in [0.25, 0.3) is 0 Å². The molecular weight excluding hydrogens is 224 g/mol. The lowest BCUT2D eigenvalue weighted by molar-refractivity contribution is 0.0764.